The second kappa shape index (κ2) is 18.6. The molecule has 2 aliphatic rings. The van der Waals surface area contributed by atoms with Crippen LogP contribution in [0.1, 0.15) is 85.4 Å². The Balaban J connectivity index is 0.871. The van der Waals surface area contributed by atoms with E-state index in [1.54, 1.807) is 24.4 Å². The molecule has 2 saturated heterocycles. The van der Waals surface area contributed by atoms with E-state index in [4.69, 9.17) is 14.7 Å². The van der Waals surface area contributed by atoms with E-state index in [0.717, 1.165) is 75.9 Å². The number of carbonyl (C=O) groups excluding carboxylic acids is 4. The average Bonchev–Trinajstić information content (AvgIpc) is 4.20. The van der Waals surface area contributed by atoms with Crippen molar-refractivity contribution in [3.05, 3.63) is 151 Å². The van der Waals surface area contributed by atoms with Gasteiger partial charge in [0.25, 0.3) is 5.91 Å². The van der Waals surface area contributed by atoms with Gasteiger partial charge in [-0.1, -0.05) is 98.8 Å². The Hall–Kier alpha value is -7.61. The predicted octanol–water partition coefficient (Wildman–Crippen LogP) is 8.56. The van der Waals surface area contributed by atoms with Crippen LogP contribution in [0.15, 0.2) is 128 Å². The zero-order valence-electron chi connectivity index (χ0n) is 36.5. The third-order valence-electron chi connectivity index (χ3n) is 12.5. The number of methoxy groups -OCH3 is 1. The summed E-state index contributed by atoms with van der Waals surface area (Å²) in [5, 5.41) is 7.83. The summed E-state index contributed by atoms with van der Waals surface area (Å²) in [6.45, 7) is 4.95. The molecule has 14 heteroatoms. The first kappa shape index (κ1) is 42.7. The molecule has 0 aliphatic carbocycles. The number of carbonyl (C=O) groups is 4. The normalized spacial score (nSPS) is 17.0. The first-order valence-corrected chi connectivity index (χ1v) is 22.1. The summed E-state index contributed by atoms with van der Waals surface area (Å²) in [5.41, 5.74) is 6.78. The van der Waals surface area contributed by atoms with Gasteiger partial charge in [0.05, 0.1) is 43.0 Å². The van der Waals surface area contributed by atoms with Crippen molar-refractivity contribution in [2.75, 3.05) is 20.2 Å². The summed E-state index contributed by atoms with van der Waals surface area (Å²) in [4.78, 5) is 77.4. The summed E-state index contributed by atoms with van der Waals surface area (Å²) >= 11 is 0. The fraction of sp³-hybridized carbons (Fsp3) is 0.275. The van der Waals surface area contributed by atoms with Gasteiger partial charge in [-0.2, -0.15) is 0 Å². The molecule has 4 amide bonds. The monoisotopic (exact) mass is 869 g/mol. The van der Waals surface area contributed by atoms with Crippen LogP contribution in [0.25, 0.3) is 44.4 Å². The standard InChI is InChI=1S/C51H51N9O5/c1-31(2)44(58-51(64)65-3)49(62)59-25-9-14-42(59)47-54-30-41(56-47)38-23-22-36-27-35(20-21-37(36)28-38)32-16-18-33(19-17-32)40-29-53-46(55-40)43-15-10-26-60(43)50(63)45(34-11-5-4-6-12-34)57-48(61)39-13-7-8-24-52-39/h4-8,11-13,16-24,27-31,42-45H,9-10,14-15,25-26H2,1-3H3,(H,53,55)(H,54,56)(H,57,61)(H,58,64)/t42-,43-,44?,45+/m0/s1. The lowest BCUT2D eigenvalue weighted by molar-refractivity contribution is -0.135. The van der Waals surface area contributed by atoms with Gasteiger partial charge in [-0.3, -0.25) is 19.4 Å². The number of fused-ring (bicyclic) bond motifs is 1. The van der Waals surface area contributed by atoms with Gasteiger partial charge in [0.15, 0.2) is 0 Å². The second-order valence-electron chi connectivity index (χ2n) is 17.0. The number of aromatic nitrogens is 5. The van der Waals surface area contributed by atoms with Gasteiger partial charge in [-0.05, 0) is 88.9 Å². The molecule has 330 valence electrons. The van der Waals surface area contributed by atoms with Crippen molar-refractivity contribution in [3.8, 4) is 33.6 Å². The average molecular weight is 870 g/mol. The summed E-state index contributed by atoms with van der Waals surface area (Å²) < 4.78 is 4.78. The first-order chi connectivity index (χ1) is 31.6. The molecule has 2 aliphatic heterocycles. The highest BCUT2D eigenvalue weighted by Crippen LogP contribution is 2.36. The molecule has 1 unspecified atom stereocenters. The molecule has 7 aromatic rings. The summed E-state index contributed by atoms with van der Waals surface area (Å²) in [6, 6.07) is 33.5. The van der Waals surface area contributed by atoms with Crippen LogP contribution in [0.4, 0.5) is 4.79 Å². The number of nitrogens with zero attached hydrogens (tertiary/aromatic N) is 5. The number of amides is 4. The molecule has 4 N–H and O–H groups in total. The van der Waals surface area contributed by atoms with Gasteiger partial charge in [-0.15, -0.1) is 0 Å². The van der Waals surface area contributed by atoms with Crippen molar-refractivity contribution in [3.63, 3.8) is 0 Å². The zero-order valence-corrected chi connectivity index (χ0v) is 36.5. The molecule has 4 atom stereocenters. The highest BCUT2D eigenvalue weighted by Gasteiger charge is 2.39. The van der Waals surface area contributed by atoms with Crippen molar-refractivity contribution in [2.45, 2.75) is 63.7 Å². The highest BCUT2D eigenvalue weighted by atomic mass is 16.5. The molecular weight excluding hydrogens is 819 g/mol. The molecule has 0 radical (unpaired) electrons. The van der Waals surface area contributed by atoms with Crippen molar-refractivity contribution >= 4 is 34.6 Å². The lowest BCUT2D eigenvalue weighted by atomic mass is 9.98. The topological polar surface area (TPSA) is 178 Å². The van der Waals surface area contributed by atoms with Crippen molar-refractivity contribution < 1.29 is 23.9 Å². The van der Waals surface area contributed by atoms with Crippen LogP contribution in [0.3, 0.4) is 0 Å². The van der Waals surface area contributed by atoms with Crippen molar-refractivity contribution in [1.82, 2.24) is 45.4 Å². The first-order valence-electron chi connectivity index (χ1n) is 22.1. The maximum Gasteiger partial charge on any atom is 0.407 e. The largest absolute Gasteiger partial charge is 0.453 e. The summed E-state index contributed by atoms with van der Waals surface area (Å²) in [6.07, 6.45) is 7.76. The van der Waals surface area contributed by atoms with Crippen LogP contribution in [-0.4, -0.2) is 84.8 Å². The summed E-state index contributed by atoms with van der Waals surface area (Å²) in [5.74, 6) is 0.575. The Morgan fingerprint density at radius 3 is 1.83 bits per heavy atom. The van der Waals surface area contributed by atoms with Gasteiger partial charge in [0, 0.05) is 24.8 Å². The molecule has 3 aromatic heterocycles. The van der Waals surface area contributed by atoms with Crippen molar-refractivity contribution in [2.24, 2.45) is 5.92 Å². The van der Waals surface area contributed by atoms with Crippen molar-refractivity contribution in [1.29, 1.82) is 0 Å². The van der Waals surface area contributed by atoms with E-state index in [-0.39, 0.29) is 35.5 Å². The minimum atomic E-state index is -0.883. The van der Waals surface area contributed by atoms with E-state index in [0.29, 0.717) is 24.5 Å². The van der Waals surface area contributed by atoms with E-state index < -0.39 is 24.1 Å². The number of imidazole rings is 2. The molecule has 9 rings (SSSR count). The smallest absolute Gasteiger partial charge is 0.407 e. The third kappa shape index (κ3) is 8.97. The van der Waals surface area contributed by atoms with E-state index in [2.05, 4.69) is 86.2 Å². The quantitative estimate of drug-likeness (QED) is 0.0944. The number of hydrogen-bond donors (Lipinski definition) is 4. The Morgan fingerprint density at radius 2 is 1.22 bits per heavy atom. The minimum absolute atomic E-state index is 0.110. The van der Waals surface area contributed by atoms with Crippen LogP contribution in [-0.2, 0) is 14.3 Å². The number of likely N-dealkylation sites (tertiary alicyclic amines) is 2. The third-order valence-corrected chi connectivity index (χ3v) is 12.5. The Kier molecular flexibility index (Phi) is 12.2. The van der Waals surface area contributed by atoms with Gasteiger partial charge in [0.2, 0.25) is 11.8 Å². The van der Waals surface area contributed by atoms with Gasteiger partial charge in [0.1, 0.15) is 29.4 Å². The molecule has 2 fully saturated rings. The number of aromatic amines is 2. The summed E-state index contributed by atoms with van der Waals surface area (Å²) in [7, 11) is 1.29. The lowest BCUT2D eigenvalue weighted by Crippen LogP contribution is -2.51. The molecule has 0 spiro atoms. The van der Waals surface area contributed by atoms with E-state index >= 15 is 0 Å². The number of hydrogen-bond acceptors (Lipinski definition) is 8. The Labute approximate surface area is 376 Å². The molecule has 0 saturated carbocycles. The van der Waals surface area contributed by atoms with E-state index in [9.17, 15) is 19.2 Å². The number of ether oxygens (including phenoxy) is 1. The maximum absolute atomic E-state index is 14.3. The molecule has 14 nitrogen and oxygen atoms in total. The van der Waals surface area contributed by atoms with Crippen LogP contribution < -0.4 is 10.6 Å². The Morgan fingerprint density at radius 1 is 0.646 bits per heavy atom. The number of nitrogens with one attached hydrogen (secondary N) is 4. The SMILES string of the molecule is COC(=O)NC(C(=O)N1CCC[C@H]1c1ncc(-c2ccc3cc(-c4ccc(-c5cnc([C@@H]6CCCN6C(=O)[C@H](NC(=O)c6ccccn6)c6ccccc6)[nH]5)cc4)ccc3c2)[nH]1)C(C)C. The molecule has 65 heavy (non-hydrogen) atoms. The fourth-order valence-electron chi connectivity index (χ4n) is 9.05. The molecular formula is C51H51N9O5. The predicted molar refractivity (Wildman–Crippen MR) is 247 cm³/mol. The second-order valence-corrected chi connectivity index (χ2v) is 17.0. The minimum Gasteiger partial charge on any atom is -0.453 e. The Bertz CT molecular complexity index is 2820. The molecule has 5 heterocycles. The maximum atomic E-state index is 14.3. The number of alkyl carbamates (subject to hydrolysis) is 1. The van der Waals surface area contributed by atoms with Crippen LogP contribution in [0, 0.1) is 5.92 Å². The lowest BCUT2D eigenvalue weighted by Gasteiger charge is -2.30. The zero-order chi connectivity index (χ0) is 45.0. The fourth-order valence-corrected chi connectivity index (χ4v) is 9.05. The number of H-pyrrole nitrogens is 2. The molecule has 0 bridgehead atoms. The van der Waals surface area contributed by atoms with E-state index in [1.165, 1.54) is 7.11 Å². The molecule has 4 aromatic carbocycles. The number of pyridine rings is 1. The highest BCUT2D eigenvalue weighted by molar-refractivity contribution is 5.97. The number of rotatable bonds is 12. The van der Waals surface area contributed by atoms with Crippen LogP contribution >= 0.6 is 0 Å². The van der Waals surface area contributed by atoms with Crippen LogP contribution in [0.5, 0.6) is 0 Å². The van der Waals surface area contributed by atoms with Gasteiger partial charge >= 0.3 is 6.09 Å². The van der Waals surface area contributed by atoms with Crippen LogP contribution in [0.2, 0.25) is 0 Å². The van der Waals surface area contributed by atoms with Gasteiger partial charge < -0.3 is 35.1 Å². The van der Waals surface area contributed by atoms with E-state index in [1.807, 2.05) is 66.4 Å². The number of benzene rings is 4. The van der Waals surface area contributed by atoms with Gasteiger partial charge in [-0.25, -0.2) is 14.8 Å².